The predicted molar refractivity (Wildman–Crippen MR) is 73.4 cm³/mol. The predicted octanol–water partition coefficient (Wildman–Crippen LogP) is 1.86. The average Bonchev–Trinajstić information content (AvgIpc) is 2.17. The molecule has 1 amide bonds. The fourth-order valence-corrected chi connectivity index (χ4v) is 1.66. The smallest absolute Gasteiger partial charge is 0.237 e. The van der Waals surface area contributed by atoms with Crippen LogP contribution in [0.1, 0.15) is 47.0 Å². The molecule has 0 radical (unpaired) electrons. The highest BCUT2D eigenvalue weighted by Crippen LogP contribution is 2.15. The number of hydrogen-bond donors (Lipinski definition) is 2. The van der Waals surface area contributed by atoms with Gasteiger partial charge in [0.1, 0.15) is 0 Å². The second kappa shape index (κ2) is 8.72. The van der Waals surface area contributed by atoms with Gasteiger partial charge in [-0.05, 0) is 33.6 Å². The van der Waals surface area contributed by atoms with Crippen molar-refractivity contribution >= 4 is 18.3 Å². The Kier molecular flexibility index (Phi) is 9.77. The Morgan fingerprint density at radius 2 is 2.00 bits per heavy atom. The fraction of sp³-hybridized carbons (Fsp3) is 0.917. The molecule has 0 aliphatic rings. The highest BCUT2D eigenvalue weighted by atomic mass is 35.5. The lowest BCUT2D eigenvalue weighted by Crippen LogP contribution is -2.46. The van der Waals surface area contributed by atoms with Crippen LogP contribution in [-0.4, -0.2) is 30.7 Å². The van der Waals surface area contributed by atoms with Crippen LogP contribution in [-0.2, 0) is 9.53 Å². The number of methoxy groups -OCH3 is 1. The third-order valence-corrected chi connectivity index (χ3v) is 2.68. The maximum absolute atomic E-state index is 11.6. The van der Waals surface area contributed by atoms with Gasteiger partial charge in [-0.15, -0.1) is 12.4 Å². The summed E-state index contributed by atoms with van der Waals surface area (Å²) in [7, 11) is 1.68. The minimum Gasteiger partial charge on any atom is -0.379 e. The summed E-state index contributed by atoms with van der Waals surface area (Å²) in [6.45, 7) is 7.99. The van der Waals surface area contributed by atoms with E-state index in [0.29, 0.717) is 0 Å². The van der Waals surface area contributed by atoms with Gasteiger partial charge in [-0.25, -0.2) is 0 Å². The highest BCUT2D eigenvalue weighted by molar-refractivity contribution is 5.85. The second-order valence-electron chi connectivity index (χ2n) is 4.97. The summed E-state index contributed by atoms with van der Waals surface area (Å²) in [6, 6.07) is -0.316. The molecule has 17 heavy (non-hydrogen) atoms. The minimum absolute atomic E-state index is 0. The molecular weight excluding hydrogens is 240 g/mol. The largest absolute Gasteiger partial charge is 0.379 e. The molecule has 2 unspecified atom stereocenters. The molecule has 104 valence electrons. The van der Waals surface area contributed by atoms with Crippen molar-refractivity contribution in [1.29, 1.82) is 0 Å². The van der Waals surface area contributed by atoms with Gasteiger partial charge in [0.25, 0.3) is 0 Å². The minimum atomic E-state index is -0.391. The van der Waals surface area contributed by atoms with Crippen LogP contribution in [0, 0.1) is 0 Å². The van der Waals surface area contributed by atoms with Crippen LogP contribution in [0.2, 0.25) is 0 Å². The normalized spacial score (nSPS) is 14.7. The van der Waals surface area contributed by atoms with Crippen molar-refractivity contribution in [2.24, 2.45) is 5.73 Å². The van der Waals surface area contributed by atoms with E-state index in [-0.39, 0.29) is 30.0 Å². The second-order valence-corrected chi connectivity index (χ2v) is 4.97. The zero-order valence-electron chi connectivity index (χ0n) is 11.6. The summed E-state index contributed by atoms with van der Waals surface area (Å²) in [6.07, 6.45) is 2.42. The molecule has 0 heterocycles. The summed E-state index contributed by atoms with van der Waals surface area (Å²) in [5.74, 6) is -0.0683. The van der Waals surface area contributed by atoms with Gasteiger partial charge in [-0.2, -0.15) is 0 Å². The van der Waals surface area contributed by atoms with Crippen molar-refractivity contribution in [2.45, 2.75) is 64.6 Å². The van der Waals surface area contributed by atoms with E-state index in [1.807, 2.05) is 27.7 Å². The topological polar surface area (TPSA) is 64.4 Å². The molecule has 0 rings (SSSR count). The van der Waals surface area contributed by atoms with Crippen LogP contribution < -0.4 is 11.1 Å². The zero-order valence-corrected chi connectivity index (χ0v) is 12.4. The first kappa shape index (κ1) is 19.0. The Morgan fingerprint density at radius 3 is 2.41 bits per heavy atom. The number of rotatable bonds is 7. The number of amides is 1. The molecular formula is C12H27ClN2O2. The Hall–Kier alpha value is -0.320. The van der Waals surface area contributed by atoms with Gasteiger partial charge in [0.2, 0.25) is 5.91 Å². The highest BCUT2D eigenvalue weighted by Gasteiger charge is 2.22. The molecule has 0 aliphatic heterocycles. The van der Waals surface area contributed by atoms with Crippen LogP contribution in [0.25, 0.3) is 0 Å². The van der Waals surface area contributed by atoms with Gasteiger partial charge in [0, 0.05) is 13.2 Å². The molecule has 5 heteroatoms. The fourth-order valence-electron chi connectivity index (χ4n) is 1.66. The quantitative estimate of drug-likeness (QED) is 0.739. The molecule has 0 fully saturated rings. The number of halogens is 1. The Balaban J connectivity index is 0. The van der Waals surface area contributed by atoms with Gasteiger partial charge >= 0.3 is 0 Å². The number of carbonyl (C=O) groups is 1. The van der Waals surface area contributed by atoms with Crippen LogP contribution >= 0.6 is 12.4 Å². The average molecular weight is 267 g/mol. The Bertz CT molecular complexity index is 223. The van der Waals surface area contributed by atoms with Crippen LogP contribution in [0.5, 0.6) is 0 Å². The number of carbonyl (C=O) groups excluding carboxylic acids is 1. The first-order valence-electron chi connectivity index (χ1n) is 5.93. The van der Waals surface area contributed by atoms with Crippen LogP contribution in [0.4, 0.5) is 0 Å². The van der Waals surface area contributed by atoms with E-state index in [1.54, 1.807) is 7.11 Å². The molecule has 0 aromatic rings. The van der Waals surface area contributed by atoms with Crippen molar-refractivity contribution < 1.29 is 9.53 Å². The number of ether oxygens (including phenoxy) is 1. The maximum atomic E-state index is 11.6. The van der Waals surface area contributed by atoms with Crippen molar-refractivity contribution in [3.8, 4) is 0 Å². The summed E-state index contributed by atoms with van der Waals surface area (Å²) in [5, 5.41) is 2.91. The van der Waals surface area contributed by atoms with Crippen LogP contribution in [0.15, 0.2) is 0 Å². The van der Waals surface area contributed by atoms with Gasteiger partial charge < -0.3 is 15.8 Å². The molecule has 4 nitrogen and oxygen atoms in total. The van der Waals surface area contributed by atoms with E-state index in [9.17, 15) is 4.79 Å². The van der Waals surface area contributed by atoms with E-state index in [0.717, 1.165) is 19.3 Å². The molecule has 2 atom stereocenters. The monoisotopic (exact) mass is 266 g/mol. The Morgan fingerprint density at radius 1 is 1.47 bits per heavy atom. The van der Waals surface area contributed by atoms with Gasteiger partial charge in [0.05, 0.1) is 11.6 Å². The lowest BCUT2D eigenvalue weighted by atomic mass is 9.99. The van der Waals surface area contributed by atoms with Gasteiger partial charge in [-0.3, -0.25) is 4.79 Å². The molecule has 0 bridgehead atoms. The lowest BCUT2D eigenvalue weighted by molar-refractivity contribution is -0.123. The summed E-state index contributed by atoms with van der Waals surface area (Å²) >= 11 is 0. The molecule has 0 spiro atoms. The first-order valence-corrected chi connectivity index (χ1v) is 5.93. The third-order valence-electron chi connectivity index (χ3n) is 2.68. The number of hydrogen-bond acceptors (Lipinski definition) is 3. The zero-order chi connectivity index (χ0) is 12.8. The van der Waals surface area contributed by atoms with Gasteiger partial charge in [0.15, 0.2) is 0 Å². The van der Waals surface area contributed by atoms with Crippen molar-refractivity contribution in [3.05, 3.63) is 0 Å². The maximum Gasteiger partial charge on any atom is 0.237 e. The van der Waals surface area contributed by atoms with E-state index < -0.39 is 6.04 Å². The molecule has 0 saturated carbocycles. The number of nitrogens with one attached hydrogen (secondary N) is 1. The third kappa shape index (κ3) is 8.41. The SMILES string of the molecule is CCCC(N)C(=O)NC(C)CC(C)(C)OC.Cl. The van der Waals surface area contributed by atoms with E-state index >= 15 is 0 Å². The van der Waals surface area contributed by atoms with Crippen LogP contribution in [0.3, 0.4) is 0 Å². The summed E-state index contributed by atoms with van der Waals surface area (Å²) < 4.78 is 5.32. The Labute approximate surface area is 111 Å². The molecule has 0 saturated heterocycles. The summed E-state index contributed by atoms with van der Waals surface area (Å²) in [5.41, 5.74) is 5.51. The standard InChI is InChI=1S/C12H26N2O2.ClH/c1-6-7-10(13)11(15)14-9(2)8-12(3,4)16-5;/h9-10H,6-8,13H2,1-5H3,(H,14,15);1H. The lowest BCUT2D eigenvalue weighted by Gasteiger charge is -2.27. The van der Waals surface area contributed by atoms with E-state index in [4.69, 9.17) is 10.5 Å². The van der Waals surface area contributed by atoms with E-state index in [2.05, 4.69) is 5.32 Å². The molecule has 0 aliphatic carbocycles. The van der Waals surface area contributed by atoms with Gasteiger partial charge in [-0.1, -0.05) is 13.3 Å². The summed E-state index contributed by atoms with van der Waals surface area (Å²) in [4.78, 5) is 11.6. The molecule has 3 N–H and O–H groups in total. The molecule has 0 aromatic carbocycles. The van der Waals surface area contributed by atoms with Crippen molar-refractivity contribution in [1.82, 2.24) is 5.32 Å². The van der Waals surface area contributed by atoms with Crippen molar-refractivity contribution in [2.75, 3.05) is 7.11 Å². The molecule has 0 aromatic heterocycles. The first-order chi connectivity index (χ1) is 7.32. The number of nitrogens with two attached hydrogens (primary N) is 1. The van der Waals surface area contributed by atoms with E-state index in [1.165, 1.54) is 0 Å². The van der Waals surface area contributed by atoms with Crippen molar-refractivity contribution in [3.63, 3.8) is 0 Å².